The number of nitrogens with zero attached hydrogens (tertiary/aromatic N) is 1. The molecule has 1 aromatic heterocycles. The molecule has 0 aliphatic carbocycles. The zero-order valence-corrected chi connectivity index (χ0v) is 9.05. The SMILES string of the molecule is NC(=O)COCCNc1ccc(C(=O)O)cn1. The molecule has 0 aliphatic rings. The predicted molar refractivity (Wildman–Crippen MR) is 59.7 cm³/mol. The van der Waals surface area contributed by atoms with Gasteiger partial charge in [0.05, 0.1) is 12.2 Å². The number of nitrogens with two attached hydrogens (primary N) is 1. The van der Waals surface area contributed by atoms with Crippen molar-refractivity contribution in [3.05, 3.63) is 23.9 Å². The van der Waals surface area contributed by atoms with Gasteiger partial charge in [0.25, 0.3) is 0 Å². The predicted octanol–water partition coefficient (Wildman–Crippen LogP) is -0.306. The second kappa shape index (κ2) is 6.44. The third-order valence-corrected chi connectivity index (χ3v) is 1.81. The van der Waals surface area contributed by atoms with Crippen LogP contribution in [0.5, 0.6) is 0 Å². The topological polar surface area (TPSA) is 115 Å². The van der Waals surface area contributed by atoms with Gasteiger partial charge in [-0.05, 0) is 12.1 Å². The molecule has 92 valence electrons. The van der Waals surface area contributed by atoms with Gasteiger partial charge in [0, 0.05) is 12.7 Å². The molecule has 1 rings (SSSR count). The molecule has 0 aliphatic heterocycles. The van der Waals surface area contributed by atoms with E-state index in [9.17, 15) is 9.59 Å². The van der Waals surface area contributed by atoms with E-state index in [-0.39, 0.29) is 12.2 Å². The Kier molecular flexibility index (Phi) is 4.89. The number of carboxylic acids is 1. The van der Waals surface area contributed by atoms with Crippen molar-refractivity contribution in [3.63, 3.8) is 0 Å². The molecular formula is C10H13N3O4. The summed E-state index contributed by atoms with van der Waals surface area (Å²) in [7, 11) is 0. The minimum absolute atomic E-state index is 0.118. The monoisotopic (exact) mass is 239 g/mol. The van der Waals surface area contributed by atoms with Crippen LogP contribution in [0.4, 0.5) is 5.82 Å². The fourth-order valence-electron chi connectivity index (χ4n) is 1.05. The normalized spacial score (nSPS) is 9.88. The van der Waals surface area contributed by atoms with E-state index in [1.807, 2.05) is 0 Å². The summed E-state index contributed by atoms with van der Waals surface area (Å²) in [4.78, 5) is 24.8. The van der Waals surface area contributed by atoms with Crippen molar-refractivity contribution in [2.24, 2.45) is 5.73 Å². The van der Waals surface area contributed by atoms with Crippen molar-refractivity contribution < 1.29 is 19.4 Å². The first kappa shape index (κ1) is 12.9. The van der Waals surface area contributed by atoms with Gasteiger partial charge in [-0.25, -0.2) is 9.78 Å². The summed E-state index contributed by atoms with van der Waals surface area (Å²) >= 11 is 0. The molecule has 17 heavy (non-hydrogen) atoms. The molecule has 1 heterocycles. The van der Waals surface area contributed by atoms with Crippen LogP contribution in [0.25, 0.3) is 0 Å². The molecule has 0 aromatic carbocycles. The maximum absolute atomic E-state index is 10.6. The van der Waals surface area contributed by atoms with E-state index in [0.717, 1.165) is 0 Å². The molecule has 0 atom stereocenters. The van der Waals surface area contributed by atoms with Gasteiger partial charge in [-0.2, -0.15) is 0 Å². The zero-order valence-electron chi connectivity index (χ0n) is 9.05. The molecule has 7 nitrogen and oxygen atoms in total. The van der Waals surface area contributed by atoms with Crippen molar-refractivity contribution in [2.45, 2.75) is 0 Å². The molecule has 0 spiro atoms. The highest BCUT2D eigenvalue weighted by Gasteiger charge is 2.02. The van der Waals surface area contributed by atoms with Crippen molar-refractivity contribution in [2.75, 3.05) is 25.1 Å². The molecule has 7 heteroatoms. The van der Waals surface area contributed by atoms with Crippen LogP contribution < -0.4 is 11.1 Å². The van der Waals surface area contributed by atoms with Gasteiger partial charge in [0.1, 0.15) is 12.4 Å². The quantitative estimate of drug-likeness (QED) is 0.562. The Hall–Kier alpha value is -2.15. The summed E-state index contributed by atoms with van der Waals surface area (Å²) < 4.78 is 4.92. The van der Waals surface area contributed by atoms with Crippen LogP contribution in [0, 0.1) is 0 Å². The standard InChI is InChI=1S/C10H13N3O4/c11-8(14)6-17-4-3-12-9-2-1-7(5-13-9)10(15)16/h1-2,5H,3-4,6H2,(H2,11,14)(H,12,13)(H,15,16). The van der Waals surface area contributed by atoms with E-state index >= 15 is 0 Å². The molecule has 1 amide bonds. The molecule has 0 saturated heterocycles. The first-order chi connectivity index (χ1) is 8.09. The summed E-state index contributed by atoms with van der Waals surface area (Å²) in [6.45, 7) is 0.644. The Morgan fingerprint density at radius 3 is 2.76 bits per heavy atom. The number of hydrogen-bond acceptors (Lipinski definition) is 5. The number of aromatic nitrogens is 1. The maximum Gasteiger partial charge on any atom is 0.337 e. The highest BCUT2D eigenvalue weighted by Crippen LogP contribution is 2.04. The van der Waals surface area contributed by atoms with Crippen LogP contribution in [-0.2, 0) is 9.53 Å². The van der Waals surface area contributed by atoms with Crippen molar-refractivity contribution in [3.8, 4) is 0 Å². The minimum Gasteiger partial charge on any atom is -0.478 e. The number of pyridine rings is 1. The average Bonchev–Trinajstić information content (AvgIpc) is 2.29. The zero-order chi connectivity index (χ0) is 12.7. The van der Waals surface area contributed by atoms with Crippen LogP contribution in [0.3, 0.4) is 0 Å². The van der Waals surface area contributed by atoms with Crippen LogP contribution in [0.1, 0.15) is 10.4 Å². The second-order valence-corrected chi connectivity index (χ2v) is 3.18. The van der Waals surface area contributed by atoms with Crippen LogP contribution in [0.15, 0.2) is 18.3 Å². The number of rotatable bonds is 7. The highest BCUT2D eigenvalue weighted by molar-refractivity contribution is 5.87. The average molecular weight is 239 g/mol. The summed E-state index contributed by atoms with van der Waals surface area (Å²) in [6.07, 6.45) is 1.26. The molecule has 0 fully saturated rings. The summed E-state index contributed by atoms with van der Waals surface area (Å²) in [6, 6.07) is 3.00. The maximum atomic E-state index is 10.6. The Morgan fingerprint density at radius 2 is 2.24 bits per heavy atom. The minimum atomic E-state index is -1.02. The van der Waals surface area contributed by atoms with Crippen molar-refractivity contribution in [1.29, 1.82) is 0 Å². The van der Waals surface area contributed by atoms with E-state index in [2.05, 4.69) is 10.3 Å². The van der Waals surface area contributed by atoms with Crippen LogP contribution >= 0.6 is 0 Å². The van der Waals surface area contributed by atoms with Crippen LogP contribution in [0.2, 0.25) is 0 Å². The van der Waals surface area contributed by atoms with E-state index < -0.39 is 11.9 Å². The smallest absolute Gasteiger partial charge is 0.337 e. The molecule has 4 N–H and O–H groups in total. The first-order valence-electron chi connectivity index (χ1n) is 4.89. The van der Waals surface area contributed by atoms with Gasteiger partial charge in [-0.3, -0.25) is 4.79 Å². The fourth-order valence-corrected chi connectivity index (χ4v) is 1.05. The van der Waals surface area contributed by atoms with Crippen molar-refractivity contribution in [1.82, 2.24) is 4.98 Å². The van der Waals surface area contributed by atoms with E-state index in [1.165, 1.54) is 12.3 Å². The van der Waals surface area contributed by atoms with Gasteiger partial charge in [0.15, 0.2) is 0 Å². The Labute approximate surface area is 97.6 Å². The third kappa shape index (κ3) is 4.94. The van der Waals surface area contributed by atoms with Crippen LogP contribution in [-0.4, -0.2) is 41.7 Å². The lowest BCUT2D eigenvalue weighted by Gasteiger charge is -2.05. The lowest BCUT2D eigenvalue weighted by molar-refractivity contribution is -0.122. The number of primary amides is 1. The van der Waals surface area contributed by atoms with Crippen molar-refractivity contribution >= 4 is 17.7 Å². The summed E-state index contributed by atoms with van der Waals surface area (Å²) in [5.74, 6) is -1.000. The lowest BCUT2D eigenvalue weighted by Crippen LogP contribution is -2.20. The molecule has 0 saturated carbocycles. The summed E-state index contributed by atoms with van der Waals surface area (Å²) in [5, 5.41) is 11.6. The molecule has 0 unspecified atom stereocenters. The number of aromatic carboxylic acids is 1. The van der Waals surface area contributed by atoms with E-state index in [4.69, 9.17) is 15.6 Å². The fraction of sp³-hybridized carbons (Fsp3) is 0.300. The number of anilines is 1. The number of carbonyl (C=O) groups is 2. The lowest BCUT2D eigenvalue weighted by atomic mass is 10.3. The second-order valence-electron chi connectivity index (χ2n) is 3.18. The largest absolute Gasteiger partial charge is 0.478 e. The number of amides is 1. The molecular weight excluding hydrogens is 226 g/mol. The Balaban J connectivity index is 2.27. The number of ether oxygens (including phenoxy) is 1. The number of nitrogens with one attached hydrogen (secondary N) is 1. The highest BCUT2D eigenvalue weighted by atomic mass is 16.5. The van der Waals surface area contributed by atoms with E-state index in [0.29, 0.717) is 19.0 Å². The van der Waals surface area contributed by atoms with Gasteiger partial charge in [0.2, 0.25) is 5.91 Å². The molecule has 0 bridgehead atoms. The first-order valence-corrected chi connectivity index (χ1v) is 4.89. The molecule has 1 aromatic rings. The van der Waals surface area contributed by atoms with Gasteiger partial charge in [-0.15, -0.1) is 0 Å². The molecule has 0 radical (unpaired) electrons. The Morgan fingerprint density at radius 1 is 1.47 bits per heavy atom. The van der Waals surface area contributed by atoms with Gasteiger partial charge in [-0.1, -0.05) is 0 Å². The number of carbonyl (C=O) groups excluding carboxylic acids is 1. The number of hydrogen-bond donors (Lipinski definition) is 3. The van der Waals surface area contributed by atoms with E-state index in [1.54, 1.807) is 6.07 Å². The van der Waals surface area contributed by atoms with Gasteiger partial charge >= 0.3 is 5.97 Å². The number of carboxylic acid groups (broad SMARTS) is 1. The van der Waals surface area contributed by atoms with Gasteiger partial charge < -0.3 is 20.9 Å². The third-order valence-electron chi connectivity index (χ3n) is 1.81. The Bertz CT molecular complexity index is 391. The summed E-state index contributed by atoms with van der Waals surface area (Å²) in [5.41, 5.74) is 5.00.